The summed E-state index contributed by atoms with van der Waals surface area (Å²) in [6, 6.07) is 15.7. The first-order valence-corrected chi connectivity index (χ1v) is 8.02. The van der Waals surface area contributed by atoms with Gasteiger partial charge in [0.05, 0.1) is 6.54 Å². The average molecular weight is 339 g/mol. The Balaban J connectivity index is 1.53. The third kappa shape index (κ3) is 4.50. The summed E-state index contributed by atoms with van der Waals surface area (Å²) >= 11 is 0. The summed E-state index contributed by atoms with van der Waals surface area (Å²) in [5.41, 5.74) is 1.77. The predicted molar refractivity (Wildman–Crippen MR) is 91.0 cm³/mol. The van der Waals surface area contributed by atoms with Crippen LogP contribution in [-0.4, -0.2) is 16.0 Å². The predicted octanol–water partition coefficient (Wildman–Crippen LogP) is 3.69. The lowest BCUT2D eigenvalue weighted by Crippen LogP contribution is -2.24. The molecule has 1 unspecified atom stereocenters. The molecule has 0 aliphatic rings. The van der Waals surface area contributed by atoms with Gasteiger partial charge in [0.2, 0.25) is 17.6 Å². The number of nitrogens with one attached hydrogen (secondary N) is 1. The highest BCUT2D eigenvalue weighted by molar-refractivity contribution is 5.76. The Bertz CT molecular complexity index is 831. The van der Waals surface area contributed by atoms with Crippen molar-refractivity contribution in [1.29, 1.82) is 0 Å². The zero-order valence-electron chi connectivity index (χ0n) is 13.8. The van der Waals surface area contributed by atoms with Crippen LogP contribution in [0.5, 0.6) is 0 Å². The van der Waals surface area contributed by atoms with Crippen molar-refractivity contribution in [1.82, 2.24) is 15.5 Å². The molecule has 0 bridgehead atoms. The number of hydrogen-bond acceptors (Lipinski definition) is 4. The van der Waals surface area contributed by atoms with Gasteiger partial charge in [-0.1, -0.05) is 42.4 Å². The van der Waals surface area contributed by atoms with E-state index in [1.54, 1.807) is 12.1 Å². The monoisotopic (exact) mass is 339 g/mol. The van der Waals surface area contributed by atoms with E-state index in [0.29, 0.717) is 23.7 Å². The Morgan fingerprint density at radius 1 is 1.16 bits per heavy atom. The number of rotatable bonds is 6. The van der Waals surface area contributed by atoms with Gasteiger partial charge in [-0.25, -0.2) is 4.39 Å². The minimum absolute atomic E-state index is 0.0853. The first-order chi connectivity index (χ1) is 12.1. The number of nitrogens with zero attached hydrogens (tertiary/aromatic N) is 2. The fraction of sp³-hybridized carbons (Fsp3) is 0.211. The Hall–Kier alpha value is -3.02. The van der Waals surface area contributed by atoms with Gasteiger partial charge < -0.3 is 9.84 Å². The molecule has 6 heteroatoms. The van der Waals surface area contributed by atoms with E-state index in [1.807, 2.05) is 37.3 Å². The summed E-state index contributed by atoms with van der Waals surface area (Å²) in [7, 11) is 0. The van der Waals surface area contributed by atoms with E-state index in [0.717, 1.165) is 5.56 Å². The second kappa shape index (κ2) is 7.70. The number of aromatic nitrogens is 2. The van der Waals surface area contributed by atoms with Crippen LogP contribution < -0.4 is 5.32 Å². The van der Waals surface area contributed by atoms with E-state index in [4.69, 9.17) is 4.52 Å². The summed E-state index contributed by atoms with van der Waals surface area (Å²) in [5.74, 6) is 0.380. The van der Waals surface area contributed by atoms with Crippen LogP contribution in [0.4, 0.5) is 4.39 Å². The number of hydrogen-bond donors (Lipinski definition) is 1. The molecule has 1 heterocycles. The van der Waals surface area contributed by atoms with Crippen molar-refractivity contribution in [3.63, 3.8) is 0 Å². The van der Waals surface area contributed by atoms with Crippen LogP contribution in [-0.2, 0) is 11.3 Å². The van der Waals surface area contributed by atoms with E-state index in [-0.39, 0.29) is 24.2 Å². The normalized spacial score (nSPS) is 11.9. The van der Waals surface area contributed by atoms with Crippen molar-refractivity contribution in [3.8, 4) is 11.4 Å². The Labute approximate surface area is 144 Å². The molecule has 25 heavy (non-hydrogen) atoms. The summed E-state index contributed by atoms with van der Waals surface area (Å²) in [6.07, 6.45) is 0.378. The quantitative estimate of drug-likeness (QED) is 0.744. The van der Waals surface area contributed by atoms with Crippen LogP contribution in [0.3, 0.4) is 0 Å². The minimum Gasteiger partial charge on any atom is -0.347 e. The largest absolute Gasteiger partial charge is 0.347 e. The van der Waals surface area contributed by atoms with Crippen molar-refractivity contribution in [2.75, 3.05) is 0 Å². The molecule has 0 radical (unpaired) electrons. The highest BCUT2D eigenvalue weighted by Gasteiger charge is 2.13. The van der Waals surface area contributed by atoms with Crippen LogP contribution >= 0.6 is 0 Å². The number of benzene rings is 2. The summed E-state index contributed by atoms with van der Waals surface area (Å²) in [6.45, 7) is 2.17. The van der Waals surface area contributed by atoms with Crippen molar-refractivity contribution in [2.24, 2.45) is 0 Å². The molecule has 0 fully saturated rings. The number of amides is 1. The lowest BCUT2D eigenvalue weighted by Gasteiger charge is -2.11. The molecule has 0 saturated carbocycles. The van der Waals surface area contributed by atoms with Gasteiger partial charge in [-0.3, -0.25) is 4.79 Å². The molecule has 1 aromatic heterocycles. The number of halogens is 1. The van der Waals surface area contributed by atoms with Crippen LogP contribution in [0, 0.1) is 5.82 Å². The maximum absolute atomic E-state index is 12.9. The molecule has 2 aromatic carbocycles. The zero-order chi connectivity index (χ0) is 17.6. The lowest BCUT2D eigenvalue weighted by atomic mass is 9.98. The number of carbonyl (C=O) groups excluding carboxylic acids is 1. The van der Waals surface area contributed by atoms with Crippen LogP contribution in [0.2, 0.25) is 0 Å². The third-order valence-electron chi connectivity index (χ3n) is 3.87. The van der Waals surface area contributed by atoms with Crippen LogP contribution in [0.15, 0.2) is 59.1 Å². The number of carbonyl (C=O) groups is 1. The summed E-state index contributed by atoms with van der Waals surface area (Å²) in [5, 5.41) is 6.62. The van der Waals surface area contributed by atoms with Gasteiger partial charge in [0.25, 0.3) is 0 Å². The van der Waals surface area contributed by atoms with Crippen molar-refractivity contribution < 1.29 is 13.7 Å². The van der Waals surface area contributed by atoms with E-state index in [9.17, 15) is 9.18 Å². The molecule has 0 saturated heterocycles. The van der Waals surface area contributed by atoms with E-state index < -0.39 is 0 Å². The van der Waals surface area contributed by atoms with Gasteiger partial charge in [-0.15, -0.1) is 0 Å². The summed E-state index contributed by atoms with van der Waals surface area (Å²) < 4.78 is 18.1. The molecule has 3 aromatic rings. The molecule has 1 N–H and O–H groups in total. The molecule has 0 spiro atoms. The van der Waals surface area contributed by atoms with E-state index in [2.05, 4.69) is 15.5 Å². The zero-order valence-corrected chi connectivity index (χ0v) is 13.8. The van der Waals surface area contributed by atoms with Gasteiger partial charge >= 0.3 is 0 Å². The first kappa shape index (κ1) is 16.8. The van der Waals surface area contributed by atoms with Crippen molar-refractivity contribution in [3.05, 3.63) is 71.9 Å². The van der Waals surface area contributed by atoms with Crippen LogP contribution in [0.25, 0.3) is 11.4 Å². The third-order valence-corrected chi connectivity index (χ3v) is 3.87. The molecule has 5 nitrogen and oxygen atoms in total. The van der Waals surface area contributed by atoms with Gasteiger partial charge in [0.1, 0.15) is 5.82 Å². The Morgan fingerprint density at radius 3 is 2.60 bits per heavy atom. The Morgan fingerprint density at radius 2 is 1.88 bits per heavy atom. The van der Waals surface area contributed by atoms with Crippen LogP contribution in [0.1, 0.15) is 30.7 Å². The second-order valence-corrected chi connectivity index (χ2v) is 5.81. The van der Waals surface area contributed by atoms with Gasteiger partial charge in [-0.2, -0.15) is 4.98 Å². The smallest absolute Gasteiger partial charge is 0.246 e. The first-order valence-electron chi connectivity index (χ1n) is 8.02. The van der Waals surface area contributed by atoms with E-state index in [1.165, 1.54) is 12.1 Å². The molecule has 1 amide bonds. The van der Waals surface area contributed by atoms with E-state index >= 15 is 0 Å². The highest BCUT2D eigenvalue weighted by atomic mass is 19.1. The molecule has 0 aliphatic heterocycles. The van der Waals surface area contributed by atoms with Crippen molar-refractivity contribution in [2.45, 2.75) is 25.8 Å². The molecular weight excluding hydrogens is 321 g/mol. The molecule has 128 valence electrons. The van der Waals surface area contributed by atoms with Gasteiger partial charge in [0, 0.05) is 12.0 Å². The maximum Gasteiger partial charge on any atom is 0.246 e. The molecular formula is C19H18FN3O2. The van der Waals surface area contributed by atoms with Crippen molar-refractivity contribution >= 4 is 5.91 Å². The lowest BCUT2D eigenvalue weighted by molar-refractivity contribution is -0.121. The minimum atomic E-state index is -0.327. The molecule has 3 rings (SSSR count). The van der Waals surface area contributed by atoms with Gasteiger partial charge in [-0.05, 0) is 35.7 Å². The fourth-order valence-corrected chi connectivity index (χ4v) is 2.47. The Kier molecular flexibility index (Phi) is 5.18. The fourth-order valence-electron chi connectivity index (χ4n) is 2.47. The SMILES string of the molecule is CC(CC(=O)NCc1nc(-c2ccc(F)cc2)no1)c1ccccc1. The second-order valence-electron chi connectivity index (χ2n) is 5.81. The highest BCUT2D eigenvalue weighted by Crippen LogP contribution is 2.18. The standard InChI is InChI=1S/C19H18FN3O2/c1-13(14-5-3-2-4-6-14)11-17(24)21-12-18-22-19(23-25-18)15-7-9-16(20)10-8-15/h2-10,13H,11-12H2,1H3,(H,21,24). The topological polar surface area (TPSA) is 68.0 Å². The molecule has 0 aliphatic carbocycles. The van der Waals surface area contributed by atoms with Gasteiger partial charge in [0.15, 0.2) is 0 Å². The molecule has 1 atom stereocenters. The average Bonchev–Trinajstić information content (AvgIpc) is 3.10. The maximum atomic E-state index is 12.9. The summed E-state index contributed by atoms with van der Waals surface area (Å²) in [4.78, 5) is 16.3.